The van der Waals surface area contributed by atoms with Gasteiger partial charge in [0.2, 0.25) is 35.4 Å². The third-order valence-corrected chi connectivity index (χ3v) is 18.0. The Morgan fingerprint density at radius 3 is 2.39 bits per heavy atom. The predicted molar refractivity (Wildman–Crippen MR) is 292 cm³/mol. The fourth-order valence-corrected chi connectivity index (χ4v) is 12.8. The maximum Gasteiger partial charge on any atom is 0.404 e. The number of nitrogens with one attached hydrogen (secondary N) is 4. The molecule has 6 atom stereocenters. The van der Waals surface area contributed by atoms with E-state index in [-0.39, 0.29) is 66.8 Å². The minimum atomic E-state index is -5.88. The van der Waals surface area contributed by atoms with E-state index in [0.717, 1.165) is 29.0 Å². The summed E-state index contributed by atoms with van der Waals surface area (Å²) < 4.78 is 60.1. The van der Waals surface area contributed by atoms with E-state index in [1.807, 2.05) is 11.0 Å². The van der Waals surface area contributed by atoms with Crippen LogP contribution in [-0.4, -0.2) is 159 Å². The van der Waals surface area contributed by atoms with Crippen molar-refractivity contribution in [3.63, 3.8) is 0 Å². The van der Waals surface area contributed by atoms with Crippen molar-refractivity contribution in [2.75, 3.05) is 39.8 Å². The summed E-state index contributed by atoms with van der Waals surface area (Å²) in [4.78, 5) is 146. The average Bonchev–Trinajstić information content (AvgIpc) is 4.31. The molecule has 0 spiro atoms. The molecule has 1 aromatic heterocycles. The number of likely N-dealkylation sites (tertiary alicyclic amines) is 1. The zero-order valence-electron chi connectivity index (χ0n) is 44.9. The number of nitrogens with zero attached hydrogens (tertiary/aromatic N) is 4. The second kappa shape index (κ2) is 25.0. The first-order valence-corrected chi connectivity index (χ1v) is 29.5. The molecule has 0 radical (unpaired) electrons. The highest BCUT2D eigenvalue weighted by Gasteiger charge is 2.51. The molecule has 9 rings (SSSR count). The molecule has 0 saturated carbocycles. The summed E-state index contributed by atoms with van der Waals surface area (Å²) in [6.45, 7) is 0.501. The molecular formula is C56H61F3N9O13PS. The standard InChI is InChI=1S/C56H61F3N9O13PS/c1-65-22-21-37-14-15-44(68(37)54(76)41(29-65)62-51(73)46-27-34-26-35(11-17-45(34)83-46)56(58,59)82(78,79)80)50(72)63-42(30-81-55(60)77)48(70)61-40(25-32-9-12-36(57)13-10-32)53(75)66-23-19-31(20-24-66)5-2-3-6-33-7-4-8-38-39(33)28-67(52(38)74)43-16-18-47(69)64-49(43)71/h4,7-13,17,26-27,31,37,40-44H,2,5,14-16,18-25,28-30H2,1H3,(H2,60,77)(H,61,70)(H,62,73)(H,63,72)(H,64,69,71)(H2,78,79,80)/t37-,40+,41+,42+,43?,44+/m1/s1. The lowest BCUT2D eigenvalue weighted by atomic mass is 9.91. The van der Waals surface area contributed by atoms with Gasteiger partial charge >= 0.3 is 19.4 Å². The Hall–Kier alpha value is -7.69. The van der Waals surface area contributed by atoms with Crippen LogP contribution in [0.4, 0.5) is 18.0 Å². The van der Waals surface area contributed by atoms with Crippen LogP contribution in [0.1, 0.15) is 100 Å². The topological polar surface area (TPSA) is 307 Å². The van der Waals surface area contributed by atoms with E-state index in [1.54, 1.807) is 24.1 Å². The summed E-state index contributed by atoms with van der Waals surface area (Å²) in [5.74, 6) is 1.29. The molecule has 0 aliphatic carbocycles. The Labute approximate surface area is 478 Å². The number of nitrogens with two attached hydrogens (primary N) is 1. The first-order valence-electron chi connectivity index (χ1n) is 27.1. The fraction of sp³-hybridized carbons (Fsp3) is 0.446. The molecule has 8 N–H and O–H groups in total. The van der Waals surface area contributed by atoms with E-state index in [1.165, 1.54) is 46.2 Å². The lowest BCUT2D eigenvalue weighted by Crippen LogP contribution is -2.62. The normalized spacial score (nSPS) is 21.4. The van der Waals surface area contributed by atoms with Crippen LogP contribution in [0.3, 0.4) is 0 Å². The van der Waals surface area contributed by atoms with Crippen LogP contribution in [-0.2, 0) is 56.7 Å². The molecule has 5 aliphatic rings. The van der Waals surface area contributed by atoms with Gasteiger partial charge in [-0.15, -0.1) is 11.3 Å². The molecule has 22 nitrogen and oxygen atoms in total. The number of halogens is 3. The lowest BCUT2D eigenvalue weighted by molar-refractivity contribution is -0.144. The van der Waals surface area contributed by atoms with Crippen molar-refractivity contribution in [2.45, 2.75) is 113 Å². The maximum atomic E-state index is 14.6. The van der Waals surface area contributed by atoms with E-state index in [2.05, 4.69) is 33.1 Å². The van der Waals surface area contributed by atoms with Crippen molar-refractivity contribution < 1.29 is 75.4 Å². The number of rotatable bonds is 16. The van der Waals surface area contributed by atoms with Crippen molar-refractivity contribution in [3.05, 3.63) is 105 Å². The Kier molecular flexibility index (Phi) is 18.1. The number of piperidine rings is 2. The van der Waals surface area contributed by atoms with E-state index in [4.69, 9.17) is 10.5 Å². The number of fused-ring (bicyclic) bond motifs is 3. The lowest BCUT2D eigenvalue weighted by Gasteiger charge is -2.38. The highest BCUT2D eigenvalue weighted by molar-refractivity contribution is 7.52. The number of carbonyl (C=O) groups excluding carboxylic acids is 9. The molecule has 3 aromatic carbocycles. The SMILES string of the molecule is CN1CC[C@H]2CC[C@@H](C(=O)N[C@@H](COC(N)=O)C(=O)N[C@@H](Cc3ccc(F)cc3)C(=O)N3CCC(CCC#Cc4cccc5c4CN(C4CCC(=O)NC4=O)C5=O)CC3)N2C(=O)[C@@H](NC(=O)c2cc3cc(C(F)(F)P(=O)(O)O)ccc3s2)C1. The number of benzene rings is 3. The average molecular weight is 1190 g/mol. The number of carbonyl (C=O) groups is 9. The quantitative estimate of drug-likeness (QED) is 0.0482. The Morgan fingerprint density at radius 2 is 1.67 bits per heavy atom. The molecule has 6 heterocycles. The van der Waals surface area contributed by atoms with Gasteiger partial charge in [0.05, 0.1) is 4.88 Å². The molecule has 1 unspecified atom stereocenters. The van der Waals surface area contributed by atoms with E-state index < -0.39 is 109 Å². The van der Waals surface area contributed by atoms with E-state index in [9.17, 15) is 70.7 Å². The van der Waals surface area contributed by atoms with Gasteiger partial charge in [0.1, 0.15) is 42.6 Å². The van der Waals surface area contributed by atoms with Gasteiger partial charge in [0.25, 0.3) is 11.8 Å². The molecular weight excluding hydrogens is 1130 g/mol. The Morgan fingerprint density at radius 1 is 0.928 bits per heavy atom. The molecule has 4 fully saturated rings. The van der Waals surface area contributed by atoms with Gasteiger partial charge < -0.3 is 55.8 Å². The molecule has 440 valence electrons. The van der Waals surface area contributed by atoms with Crippen molar-refractivity contribution in [3.8, 4) is 11.8 Å². The van der Waals surface area contributed by atoms with Gasteiger partial charge in [0, 0.05) is 72.9 Å². The molecule has 5 aliphatic heterocycles. The van der Waals surface area contributed by atoms with Gasteiger partial charge in [-0.3, -0.25) is 48.2 Å². The summed E-state index contributed by atoms with van der Waals surface area (Å²) in [7, 11) is -4.14. The monoisotopic (exact) mass is 1190 g/mol. The van der Waals surface area contributed by atoms with Crippen molar-refractivity contribution >= 4 is 82.4 Å². The van der Waals surface area contributed by atoms with Crippen LogP contribution >= 0.6 is 18.9 Å². The number of hydrogen-bond acceptors (Lipinski definition) is 13. The summed E-state index contributed by atoms with van der Waals surface area (Å²) in [5, 5.41) is 10.4. The maximum absolute atomic E-state index is 14.6. The largest absolute Gasteiger partial charge is 0.447 e. The minimum absolute atomic E-state index is 0.000906. The van der Waals surface area contributed by atoms with Crippen molar-refractivity contribution in [1.82, 2.24) is 40.9 Å². The summed E-state index contributed by atoms with van der Waals surface area (Å²) >= 11 is 0.896. The number of ether oxygens (including phenoxy) is 1. The highest BCUT2D eigenvalue weighted by Crippen LogP contribution is 2.59. The van der Waals surface area contributed by atoms with Crippen LogP contribution in [0.2, 0.25) is 0 Å². The van der Waals surface area contributed by atoms with Gasteiger partial charge in [-0.25, -0.2) is 9.18 Å². The summed E-state index contributed by atoms with van der Waals surface area (Å²) in [6, 6.07) is 8.19. The van der Waals surface area contributed by atoms with E-state index in [0.29, 0.717) is 79.5 Å². The molecule has 0 bridgehead atoms. The fourth-order valence-electron chi connectivity index (χ4n) is 11.4. The van der Waals surface area contributed by atoms with Crippen molar-refractivity contribution in [2.24, 2.45) is 11.7 Å². The molecule has 27 heteroatoms. The zero-order chi connectivity index (χ0) is 59.5. The number of thiophene rings is 1. The van der Waals surface area contributed by atoms with Gasteiger partial charge in [0.15, 0.2) is 0 Å². The smallest absolute Gasteiger partial charge is 0.404 e. The van der Waals surface area contributed by atoms with Gasteiger partial charge in [-0.1, -0.05) is 36.1 Å². The number of primary amides is 1. The number of imide groups is 1. The summed E-state index contributed by atoms with van der Waals surface area (Å²) in [5.41, 5.74) is 2.21. The second-order valence-corrected chi connectivity index (χ2v) is 24.2. The van der Waals surface area contributed by atoms with Crippen LogP contribution < -0.4 is 27.0 Å². The number of likely N-dealkylation sites (N-methyl/N-ethyl adjacent to an activating group) is 1. The van der Waals surface area contributed by atoms with Crippen LogP contribution in [0, 0.1) is 23.6 Å². The first-order chi connectivity index (χ1) is 39.4. The predicted octanol–water partition coefficient (Wildman–Crippen LogP) is 3.20. The second-order valence-electron chi connectivity index (χ2n) is 21.4. The van der Waals surface area contributed by atoms with E-state index >= 15 is 0 Å². The third-order valence-electron chi connectivity index (χ3n) is 15.9. The third kappa shape index (κ3) is 13.6. The van der Waals surface area contributed by atoms with Crippen LogP contribution in [0.5, 0.6) is 0 Å². The molecule has 4 saturated heterocycles. The van der Waals surface area contributed by atoms with Gasteiger partial charge in [-0.05, 0) is 123 Å². The minimum Gasteiger partial charge on any atom is -0.447 e. The first kappa shape index (κ1) is 59.9. The van der Waals surface area contributed by atoms with Crippen LogP contribution in [0.25, 0.3) is 10.1 Å². The zero-order valence-corrected chi connectivity index (χ0v) is 46.7. The Balaban J connectivity index is 0.841. The molecule has 4 aromatic rings. The Bertz CT molecular complexity index is 3360. The van der Waals surface area contributed by atoms with Gasteiger partial charge in [-0.2, -0.15) is 8.78 Å². The number of hydrogen-bond donors (Lipinski definition) is 7. The van der Waals surface area contributed by atoms with Crippen LogP contribution in [0.15, 0.2) is 66.7 Å². The summed E-state index contributed by atoms with van der Waals surface area (Å²) in [6.07, 6.45) is 2.35. The molecule has 83 heavy (non-hydrogen) atoms. The van der Waals surface area contributed by atoms with Crippen molar-refractivity contribution in [1.29, 1.82) is 0 Å². The number of amides is 9. The number of alkyl halides is 2. The highest BCUT2D eigenvalue weighted by atomic mass is 32.1. The molecule has 9 amide bonds.